The maximum atomic E-state index is 2.46. The zero-order valence-corrected chi connectivity index (χ0v) is 18.4. The first-order chi connectivity index (χ1) is 13.4. The highest BCUT2D eigenvalue weighted by Gasteiger charge is 2.19. The molecule has 1 heterocycles. The minimum Gasteiger partial charge on any atom is -0.229 e. The first-order valence-electron chi connectivity index (χ1n) is 11.2. The van der Waals surface area contributed by atoms with E-state index in [0.717, 1.165) is 6.54 Å². The minimum atomic E-state index is 1.13. The van der Waals surface area contributed by atoms with Crippen molar-refractivity contribution in [1.29, 1.82) is 0 Å². The van der Waals surface area contributed by atoms with Crippen molar-refractivity contribution in [3.05, 3.63) is 42.7 Å². The van der Waals surface area contributed by atoms with Crippen LogP contribution in [0, 0.1) is 0 Å². The van der Waals surface area contributed by atoms with Gasteiger partial charge in [-0.2, -0.15) is 3.97 Å². The molecule has 0 saturated heterocycles. The van der Waals surface area contributed by atoms with Crippen molar-refractivity contribution < 1.29 is 4.57 Å². The van der Waals surface area contributed by atoms with Crippen molar-refractivity contribution >= 4 is 11.9 Å². The number of unbranched alkanes of at least 4 members (excludes halogenated alkanes) is 9. The highest BCUT2D eigenvalue weighted by atomic mass is 32.2. The number of hydrogen-bond acceptors (Lipinski definition) is 1. The van der Waals surface area contributed by atoms with Crippen LogP contribution in [0.1, 0.15) is 84.5 Å². The van der Waals surface area contributed by atoms with Gasteiger partial charge in [0.1, 0.15) is 12.4 Å². The molecule has 0 unspecified atom stereocenters. The van der Waals surface area contributed by atoms with Gasteiger partial charge in [-0.25, -0.2) is 4.57 Å². The number of imidazole rings is 1. The molecule has 0 amide bonds. The molecule has 0 aliphatic heterocycles. The average Bonchev–Trinajstić information content (AvgIpc) is 3.10. The summed E-state index contributed by atoms with van der Waals surface area (Å²) in [5, 5.41) is 0. The minimum absolute atomic E-state index is 1.13. The van der Waals surface area contributed by atoms with Gasteiger partial charge in [-0.1, -0.05) is 83.4 Å². The predicted molar refractivity (Wildman–Crippen MR) is 120 cm³/mol. The van der Waals surface area contributed by atoms with Gasteiger partial charge in [0, 0.05) is 5.75 Å². The molecule has 0 bridgehead atoms. The van der Waals surface area contributed by atoms with Crippen molar-refractivity contribution in [3.8, 4) is 11.4 Å². The summed E-state index contributed by atoms with van der Waals surface area (Å²) in [5.74, 6) is 2.54. The molecule has 0 aliphatic carbocycles. The molecule has 2 nitrogen and oxygen atoms in total. The molecule has 0 N–H and O–H groups in total. The smallest absolute Gasteiger partial charge is 0.229 e. The molecule has 0 aliphatic rings. The molecule has 0 spiro atoms. The first kappa shape index (κ1) is 22.1. The van der Waals surface area contributed by atoms with Gasteiger partial charge >= 0.3 is 5.82 Å². The van der Waals surface area contributed by atoms with E-state index in [1.165, 1.54) is 87.8 Å². The van der Waals surface area contributed by atoms with Crippen LogP contribution in [-0.4, -0.2) is 9.73 Å². The summed E-state index contributed by atoms with van der Waals surface area (Å²) in [6.45, 7) is 5.69. The Kier molecular flexibility index (Phi) is 11.3. The Morgan fingerprint density at radius 1 is 0.778 bits per heavy atom. The first-order valence-corrected chi connectivity index (χ1v) is 12.1. The lowest BCUT2D eigenvalue weighted by atomic mass is 10.1. The lowest BCUT2D eigenvalue weighted by Gasteiger charge is -2.05. The topological polar surface area (TPSA) is 8.81 Å². The lowest BCUT2D eigenvalue weighted by Crippen LogP contribution is -2.34. The van der Waals surface area contributed by atoms with E-state index < -0.39 is 0 Å². The molecule has 3 heteroatoms. The molecule has 150 valence electrons. The van der Waals surface area contributed by atoms with Crippen LogP contribution < -0.4 is 4.57 Å². The lowest BCUT2D eigenvalue weighted by molar-refractivity contribution is -0.685. The Morgan fingerprint density at radius 3 is 2.11 bits per heavy atom. The van der Waals surface area contributed by atoms with Crippen LogP contribution in [0.3, 0.4) is 0 Å². The summed E-state index contributed by atoms with van der Waals surface area (Å²) in [6.07, 6.45) is 19.4. The molecular weight excluding hydrogens is 348 g/mol. The van der Waals surface area contributed by atoms with Crippen molar-refractivity contribution in [3.63, 3.8) is 0 Å². The van der Waals surface area contributed by atoms with Crippen LogP contribution in [0.15, 0.2) is 42.7 Å². The quantitative estimate of drug-likeness (QED) is 0.230. The largest absolute Gasteiger partial charge is 0.300 e. The highest BCUT2D eigenvalue weighted by molar-refractivity contribution is 7.97. The van der Waals surface area contributed by atoms with E-state index in [9.17, 15) is 0 Å². The maximum Gasteiger partial charge on any atom is 0.300 e. The Morgan fingerprint density at radius 2 is 1.41 bits per heavy atom. The third-order valence-electron chi connectivity index (χ3n) is 5.13. The van der Waals surface area contributed by atoms with Gasteiger partial charge in [0.2, 0.25) is 0 Å². The Bertz CT molecular complexity index is 606. The molecule has 1 aromatic heterocycles. The molecule has 2 rings (SSSR count). The number of aromatic nitrogens is 2. The summed E-state index contributed by atoms with van der Waals surface area (Å²) >= 11 is 1.95. The fourth-order valence-electron chi connectivity index (χ4n) is 3.50. The third kappa shape index (κ3) is 8.13. The zero-order chi connectivity index (χ0) is 19.2. The number of benzene rings is 1. The summed E-state index contributed by atoms with van der Waals surface area (Å²) in [6, 6.07) is 10.9. The second kappa shape index (κ2) is 13.9. The monoisotopic (exact) mass is 387 g/mol. The zero-order valence-electron chi connectivity index (χ0n) is 17.5. The van der Waals surface area contributed by atoms with E-state index in [0.29, 0.717) is 0 Å². The number of nitrogens with zero attached hydrogens (tertiary/aromatic N) is 2. The summed E-state index contributed by atoms with van der Waals surface area (Å²) in [7, 11) is 0. The van der Waals surface area contributed by atoms with Gasteiger partial charge < -0.3 is 0 Å². The second-order valence-electron chi connectivity index (χ2n) is 7.52. The Balaban J connectivity index is 1.88. The maximum absolute atomic E-state index is 2.46. The van der Waals surface area contributed by atoms with Crippen molar-refractivity contribution in [2.24, 2.45) is 0 Å². The molecule has 0 saturated carbocycles. The van der Waals surface area contributed by atoms with E-state index >= 15 is 0 Å². The molecule has 1 aromatic carbocycles. The van der Waals surface area contributed by atoms with Gasteiger partial charge in [0.25, 0.3) is 0 Å². The van der Waals surface area contributed by atoms with Crippen LogP contribution in [0.4, 0.5) is 0 Å². The number of aryl methyl sites for hydroxylation is 1. The molecule has 0 fully saturated rings. The van der Waals surface area contributed by atoms with Crippen LogP contribution in [-0.2, 0) is 6.54 Å². The summed E-state index contributed by atoms with van der Waals surface area (Å²) in [5.41, 5.74) is 1.32. The van der Waals surface area contributed by atoms with E-state index in [1.807, 2.05) is 11.9 Å². The average molecular weight is 388 g/mol. The van der Waals surface area contributed by atoms with Gasteiger partial charge in [-0.05, 0) is 31.4 Å². The van der Waals surface area contributed by atoms with Crippen molar-refractivity contribution in [1.82, 2.24) is 3.97 Å². The second-order valence-corrected chi connectivity index (χ2v) is 8.58. The molecular formula is C24H39N2S+. The van der Waals surface area contributed by atoms with Crippen LogP contribution >= 0.6 is 11.9 Å². The SMILES string of the molecule is CCCCCCCCCC[n+]1ccn(SCCCCC)c1-c1ccccc1. The summed E-state index contributed by atoms with van der Waals surface area (Å²) in [4.78, 5) is 0. The van der Waals surface area contributed by atoms with Crippen LogP contribution in [0.5, 0.6) is 0 Å². The van der Waals surface area contributed by atoms with Gasteiger partial charge in [-0.3, -0.25) is 0 Å². The van der Waals surface area contributed by atoms with E-state index in [2.05, 4.69) is 65.1 Å². The molecule has 2 aromatic rings. The van der Waals surface area contributed by atoms with Gasteiger partial charge in [0.15, 0.2) is 0 Å². The summed E-state index contributed by atoms with van der Waals surface area (Å²) < 4.78 is 4.84. The van der Waals surface area contributed by atoms with E-state index in [4.69, 9.17) is 0 Å². The van der Waals surface area contributed by atoms with Gasteiger partial charge in [0.05, 0.1) is 24.1 Å². The van der Waals surface area contributed by atoms with E-state index in [-0.39, 0.29) is 0 Å². The predicted octanol–water partition coefficient (Wildman–Crippen LogP) is 7.27. The molecule has 0 radical (unpaired) electrons. The number of hydrogen-bond donors (Lipinski definition) is 0. The fourth-order valence-corrected chi connectivity index (χ4v) is 4.51. The Labute approximate surface area is 171 Å². The Hall–Kier alpha value is -1.22. The van der Waals surface area contributed by atoms with Crippen molar-refractivity contribution in [2.45, 2.75) is 91.0 Å². The third-order valence-corrected chi connectivity index (χ3v) is 6.17. The normalized spacial score (nSPS) is 11.2. The fraction of sp³-hybridized carbons (Fsp3) is 0.625. The molecule has 27 heavy (non-hydrogen) atoms. The standard InChI is InChI=1S/C24H39N2S/c1-3-5-7-8-9-10-11-15-19-25-20-21-26(27-22-16-6-4-2)24(25)23-17-13-12-14-18-23/h12-14,17-18,20-21H,3-11,15-16,19,22H2,1-2H3/q+1. The van der Waals surface area contributed by atoms with Crippen LogP contribution in [0.25, 0.3) is 11.4 Å². The van der Waals surface area contributed by atoms with Gasteiger partial charge in [-0.15, -0.1) is 0 Å². The highest BCUT2D eigenvalue weighted by Crippen LogP contribution is 2.22. The van der Waals surface area contributed by atoms with Crippen LogP contribution in [0.2, 0.25) is 0 Å². The number of rotatable bonds is 15. The molecule has 0 atom stereocenters. The van der Waals surface area contributed by atoms with E-state index in [1.54, 1.807) is 0 Å². The van der Waals surface area contributed by atoms with Crippen molar-refractivity contribution in [2.75, 3.05) is 5.75 Å².